The van der Waals surface area contributed by atoms with E-state index in [0.29, 0.717) is 6.42 Å². The fourth-order valence-corrected chi connectivity index (χ4v) is 2.84. The van der Waals surface area contributed by atoms with Crippen LogP contribution >= 0.6 is 0 Å². The van der Waals surface area contributed by atoms with Gasteiger partial charge < -0.3 is 15.3 Å². The molecule has 0 amide bonds. The van der Waals surface area contributed by atoms with Crippen LogP contribution in [-0.4, -0.2) is 33.6 Å². The lowest BCUT2D eigenvalue weighted by Gasteiger charge is -1.98. The number of rotatable bonds is 16. The highest BCUT2D eigenvalue weighted by Crippen LogP contribution is 2.07. The molecule has 0 spiro atoms. The first-order chi connectivity index (χ1) is 16.1. The molecule has 0 saturated heterocycles. The second-order valence-corrected chi connectivity index (χ2v) is 7.79. The van der Waals surface area contributed by atoms with Crippen molar-refractivity contribution in [2.24, 2.45) is 0 Å². The van der Waals surface area contributed by atoms with E-state index in [-0.39, 0.29) is 0 Å². The monoisotopic (exact) mass is 448 g/mol. The molecule has 0 bridgehead atoms. The summed E-state index contributed by atoms with van der Waals surface area (Å²) in [6, 6.07) is 0. The third kappa shape index (κ3) is 23.8. The van der Waals surface area contributed by atoms with Gasteiger partial charge in [-0.25, -0.2) is 0 Å². The highest BCUT2D eigenvalue weighted by molar-refractivity contribution is 5.17. The van der Waals surface area contributed by atoms with Crippen molar-refractivity contribution in [2.75, 3.05) is 0 Å². The number of aliphatic hydroxyl groups is 3. The number of unbranched alkanes of at least 4 members (excludes halogenated alkanes) is 10. The average Bonchev–Trinajstić information content (AvgIpc) is 2.82. The molecule has 3 atom stereocenters. The normalized spacial score (nSPS) is 13.6. The molecule has 3 nitrogen and oxygen atoms in total. The molecule has 178 valence electrons. The highest BCUT2D eigenvalue weighted by Gasteiger charge is 1.94. The van der Waals surface area contributed by atoms with Gasteiger partial charge in [0.15, 0.2) is 0 Å². The molecule has 0 unspecified atom stereocenters. The summed E-state index contributed by atoms with van der Waals surface area (Å²) in [5, 5.41) is 28.3. The predicted molar refractivity (Wildman–Crippen MR) is 139 cm³/mol. The minimum absolute atomic E-state index is 0.438. The zero-order valence-corrected chi connectivity index (χ0v) is 19.9. The minimum atomic E-state index is -0.769. The van der Waals surface area contributed by atoms with E-state index < -0.39 is 18.3 Å². The molecule has 0 aromatic heterocycles. The standard InChI is InChI=1S/C30H40O3/c1-3-28(31)24-20-16-12-8-5-6-9-14-18-22-26-30(33)27-23-19-15-11-7-10-13-17-21-25-29(32)4-2/h1-2,20-22,24-26,28-33H,5-13,15-17,27H2/b24-20+,25-21+,26-22+/t28-,29-,30-/m1/s1. The van der Waals surface area contributed by atoms with Crippen molar-refractivity contribution in [1.29, 1.82) is 0 Å². The van der Waals surface area contributed by atoms with E-state index in [1.807, 2.05) is 12.2 Å². The van der Waals surface area contributed by atoms with E-state index in [9.17, 15) is 15.3 Å². The van der Waals surface area contributed by atoms with Crippen LogP contribution in [0.15, 0.2) is 36.5 Å². The van der Waals surface area contributed by atoms with Crippen LogP contribution in [0.25, 0.3) is 0 Å². The predicted octanol–water partition coefficient (Wildman–Crippen LogP) is 5.08. The van der Waals surface area contributed by atoms with Gasteiger partial charge in [-0.3, -0.25) is 0 Å². The maximum absolute atomic E-state index is 9.90. The zero-order chi connectivity index (χ0) is 24.4. The molecule has 3 heteroatoms. The Kier molecular flexibility index (Phi) is 22.1. The van der Waals surface area contributed by atoms with E-state index in [1.54, 1.807) is 24.3 Å². The van der Waals surface area contributed by atoms with Crippen molar-refractivity contribution < 1.29 is 15.3 Å². The second-order valence-electron chi connectivity index (χ2n) is 7.79. The Morgan fingerprint density at radius 1 is 0.606 bits per heavy atom. The lowest BCUT2D eigenvalue weighted by Crippen LogP contribution is -1.99. The third-order valence-corrected chi connectivity index (χ3v) is 4.76. The summed E-state index contributed by atoms with van der Waals surface area (Å²) in [7, 11) is 0. The van der Waals surface area contributed by atoms with E-state index in [0.717, 1.165) is 77.0 Å². The average molecular weight is 449 g/mol. The van der Waals surface area contributed by atoms with Crippen molar-refractivity contribution in [3.63, 3.8) is 0 Å². The van der Waals surface area contributed by atoms with Gasteiger partial charge in [-0.05, 0) is 62.8 Å². The largest absolute Gasteiger partial charge is 0.388 e. The van der Waals surface area contributed by atoms with Crippen LogP contribution in [0, 0.1) is 48.4 Å². The first-order valence-electron chi connectivity index (χ1n) is 12.0. The molecule has 0 rings (SSSR count). The summed E-state index contributed by atoms with van der Waals surface area (Å²) in [6.07, 6.45) is 31.5. The van der Waals surface area contributed by atoms with E-state index in [4.69, 9.17) is 12.8 Å². The van der Waals surface area contributed by atoms with Crippen molar-refractivity contribution in [2.45, 2.75) is 102 Å². The Bertz CT molecular complexity index is 768. The molecule has 0 aromatic rings. The fourth-order valence-electron chi connectivity index (χ4n) is 2.84. The summed E-state index contributed by atoms with van der Waals surface area (Å²) in [4.78, 5) is 0. The van der Waals surface area contributed by atoms with Gasteiger partial charge in [-0.1, -0.05) is 61.5 Å². The Balaban J connectivity index is 3.62. The van der Waals surface area contributed by atoms with Crippen LogP contribution in [0.4, 0.5) is 0 Å². The highest BCUT2D eigenvalue weighted by atomic mass is 16.3. The van der Waals surface area contributed by atoms with Crippen molar-refractivity contribution in [3.05, 3.63) is 36.5 Å². The Morgan fingerprint density at radius 2 is 1.12 bits per heavy atom. The number of allylic oxidation sites excluding steroid dienone is 3. The molecule has 3 N–H and O–H groups in total. The van der Waals surface area contributed by atoms with Crippen molar-refractivity contribution in [3.8, 4) is 48.4 Å². The summed E-state index contributed by atoms with van der Waals surface area (Å²) in [5.41, 5.74) is 0. The molecule has 0 aliphatic heterocycles. The fraction of sp³-hybridized carbons (Fsp3) is 0.533. The van der Waals surface area contributed by atoms with Gasteiger partial charge in [-0.2, -0.15) is 0 Å². The molecule has 0 saturated carbocycles. The molecule has 0 aromatic carbocycles. The van der Waals surface area contributed by atoms with Gasteiger partial charge in [-0.15, -0.1) is 24.7 Å². The first kappa shape index (κ1) is 30.3. The SMILES string of the molecule is C#C[C@@H](O)/C=C/CCCCCCC#C/C=C/[C@@H](O)CC#CCCCCCC/C=C/[C@H](O)C#C. The maximum atomic E-state index is 9.90. The summed E-state index contributed by atoms with van der Waals surface area (Å²) in [6.45, 7) is 0. The van der Waals surface area contributed by atoms with Crippen molar-refractivity contribution >= 4 is 0 Å². The van der Waals surface area contributed by atoms with Crippen LogP contribution in [0.5, 0.6) is 0 Å². The van der Waals surface area contributed by atoms with Crippen LogP contribution in [0.3, 0.4) is 0 Å². The van der Waals surface area contributed by atoms with E-state index in [1.165, 1.54) is 0 Å². The second kappa shape index (κ2) is 24.0. The van der Waals surface area contributed by atoms with Crippen LogP contribution in [-0.2, 0) is 0 Å². The first-order valence-corrected chi connectivity index (χ1v) is 12.0. The van der Waals surface area contributed by atoms with Gasteiger partial charge in [0.1, 0.15) is 12.2 Å². The summed E-state index contributed by atoms with van der Waals surface area (Å²) >= 11 is 0. The minimum Gasteiger partial charge on any atom is -0.388 e. The number of aliphatic hydroxyl groups excluding tert-OH is 3. The molecule has 0 aliphatic rings. The molecule has 33 heavy (non-hydrogen) atoms. The lowest BCUT2D eigenvalue weighted by atomic mass is 10.1. The van der Waals surface area contributed by atoms with Crippen LogP contribution in [0.2, 0.25) is 0 Å². The number of hydrogen-bond donors (Lipinski definition) is 3. The maximum Gasteiger partial charge on any atom is 0.133 e. The molecule has 0 heterocycles. The van der Waals surface area contributed by atoms with Gasteiger partial charge in [0, 0.05) is 19.3 Å². The Hall–Kier alpha value is -2.66. The van der Waals surface area contributed by atoms with Crippen LogP contribution < -0.4 is 0 Å². The third-order valence-electron chi connectivity index (χ3n) is 4.76. The molecule has 0 radical (unpaired) electrons. The van der Waals surface area contributed by atoms with Gasteiger partial charge >= 0.3 is 0 Å². The summed E-state index contributed by atoms with van der Waals surface area (Å²) in [5.74, 6) is 16.7. The Labute approximate surface area is 202 Å². The van der Waals surface area contributed by atoms with Gasteiger partial charge in [0.2, 0.25) is 0 Å². The topological polar surface area (TPSA) is 60.7 Å². The van der Waals surface area contributed by atoms with E-state index >= 15 is 0 Å². The summed E-state index contributed by atoms with van der Waals surface area (Å²) < 4.78 is 0. The molecular weight excluding hydrogens is 408 g/mol. The van der Waals surface area contributed by atoms with Crippen LogP contribution in [0.1, 0.15) is 83.5 Å². The molecular formula is C30H40O3. The molecule has 0 aliphatic carbocycles. The van der Waals surface area contributed by atoms with Gasteiger partial charge in [0.25, 0.3) is 0 Å². The Morgan fingerprint density at radius 3 is 1.67 bits per heavy atom. The van der Waals surface area contributed by atoms with E-state index in [2.05, 4.69) is 35.5 Å². The zero-order valence-electron chi connectivity index (χ0n) is 19.9. The quantitative estimate of drug-likeness (QED) is 0.175. The number of terminal acetylenes is 2. The smallest absolute Gasteiger partial charge is 0.133 e. The lowest BCUT2D eigenvalue weighted by molar-refractivity contribution is 0.229. The number of hydrogen-bond acceptors (Lipinski definition) is 3. The van der Waals surface area contributed by atoms with Gasteiger partial charge in [0.05, 0.1) is 6.10 Å². The molecule has 0 fully saturated rings. The van der Waals surface area contributed by atoms with Crippen molar-refractivity contribution in [1.82, 2.24) is 0 Å².